The van der Waals surface area contributed by atoms with Crippen molar-refractivity contribution >= 4 is 35.2 Å². The number of hydrogen-bond donors (Lipinski definition) is 3. The minimum Gasteiger partial charge on any atom is -0.494 e. The number of ether oxygens (including phenoxy) is 3. The van der Waals surface area contributed by atoms with E-state index in [0.29, 0.717) is 35.2 Å². The Morgan fingerprint density at radius 3 is 2.22 bits per heavy atom. The van der Waals surface area contributed by atoms with Crippen LogP contribution in [0.25, 0.3) is 0 Å². The maximum absolute atomic E-state index is 12.9. The normalized spacial score (nSPS) is 11.2. The zero-order valence-corrected chi connectivity index (χ0v) is 22.3. The molecule has 2 aromatic rings. The van der Waals surface area contributed by atoms with Gasteiger partial charge < -0.3 is 30.5 Å². The SMILES string of the molecule is CCOc1cc(NC(=O)/C(=N/N)C(C)=Nc2ccccc2OC)cc(C(C)(C)C)c1.COC.O=CO. The van der Waals surface area contributed by atoms with E-state index in [1.807, 2.05) is 31.2 Å². The Morgan fingerprint density at radius 1 is 1.14 bits per heavy atom. The van der Waals surface area contributed by atoms with Crippen molar-refractivity contribution in [2.24, 2.45) is 15.9 Å². The lowest BCUT2D eigenvalue weighted by atomic mass is 9.86. The fourth-order valence-corrected chi connectivity index (χ4v) is 2.82. The van der Waals surface area contributed by atoms with Gasteiger partial charge in [0.05, 0.1) is 19.4 Å². The Labute approximate surface area is 213 Å². The third-order valence-corrected chi connectivity index (χ3v) is 4.40. The molecule has 36 heavy (non-hydrogen) atoms. The molecule has 0 aliphatic heterocycles. The Balaban J connectivity index is 0.00000185. The van der Waals surface area contributed by atoms with E-state index in [1.54, 1.807) is 46.5 Å². The summed E-state index contributed by atoms with van der Waals surface area (Å²) in [4.78, 5) is 25.7. The third-order valence-electron chi connectivity index (χ3n) is 4.40. The van der Waals surface area contributed by atoms with Crippen LogP contribution in [0.5, 0.6) is 11.5 Å². The zero-order valence-electron chi connectivity index (χ0n) is 22.3. The molecule has 0 saturated carbocycles. The molecule has 0 aliphatic carbocycles. The van der Waals surface area contributed by atoms with Gasteiger partial charge in [-0.05, 0) is 49.1 Å². The number of rotatable bonds is 7. The summed E-state index contributed by atoms with van der Waals surface area (Å²) in [6.45, 7) is 10.2. The lowest BCUT2D eigenvalue weighted by Crippen LogP contribution is -2.30. The molecule has 0 bridgehead atoms. The van der Waals surface area contributed by atoms with Gasteiger partial charge in [0.2, 0.25) is 0 Å². The Bertz CT molecular complexity index is 1030. The summed E-state index contributed by atoms with van der Waals surface area (Å²) in [5.41, 5.74) is 2.51. The average molecular weight is 503 g/mol. The van der Waals surface area contributed by atoms with Gasteiger partial charge in [-0.1, -0.05) is 32.9 Å². The fraction of sp³-hybridized carbons (Fsp3) is 0.385. The molecule has 2 rings (SSSR count). The van der Waals surface area contributed by atoms with Crippen LogP contribution >= 0.6 is 0 Å². The predicted octanol–water partition coefficient (Wildman–Crippen LogP) is 4.40. The molecular formula is C26H38N4O6. The standard InChI is InChI=1S/C23H30N4O3.C2H6O.CH2O2/c1-7-30-18-13-16(23(3,4)5)12-17(14-18)26-22(28)21(27-24)15(2)25-19-10-8-9-11-20(19)29-6;1-3-2;2-1-3/h8-14H,7,24H2,1-6H3,(H,26,28);1-2H3;1H,(H,2,3)/b25-15?,27-21+;;. The van der Waals surface area contributed by atoms with Crippen molar-refractivity contribution in [1.82, 2.24) is 0 Å². The van der Waals surface area contributed by atoms with Gasteiger partial charge in [-0.25, -0.2) is 4.99 Å². The van der Waals surface area contributed by atoms with Crippen LogP contribution in [0.15, 0.2) is 52.6 Å². The van der Waals surface area contributed by atoms with E-state index in [2.05, 4.69) is 40.9 Å². The molecule has 198 valence electrons. The first-order valence-corrected chi connectivity index (χ1v) is 11.1. The van der Waals surface area contributed by atoms with Crippen molar-refractivity contribution < 1.29 is 28.9 Å². The quantitative estimate of drug-likeness (QED) is 0.220. The number of nitrogens with two attached hydrogens (primary N) is 1. The van der Waals surface area contributed by atoms with E-state index < -0.39 is 5.91 Å². The second-order valence-electron chi connectivity index (χ2n) is 8.24. The van der Waals surface area contributed by atoms with Crippen molar-refractivity contribution in [1.29, 1.82) is 0 Å². The van der Waals surface area contributed by atoms with Gasteiger partial charge in [0, 0.05) is 26.0 Å². The summed E-state index contributed by atoms with van der Waals surface area (Å²) < 4.78 is 15.2. The van der Waals surface area contributed by atoms with E-state index >= 15 is 0 Å². The van der Waals surface area contributed by atoms with Gasteiger partial charge in [-0.2, -0.15) is 5.10 Å². The second-order valence-corrected chi connectivity index (χ2v) is 8.24. The van der Waals surface area contributed by atoms with Crippen molar-refractivity contribution in [2.45, 2.75) is 40.0 Å². The number of nitrogens with zero attached hydrogens (tertiary/aromatic N) is 2. The van der Waals surface area contributed by atoms with E-state index in [0.717, 1.165) is 5.56 Å². The molecule has 0 radical (unpaired) electrons. The Hall–Kier alpha value is -3.92. The minimum atomic E-state index is -0.456. The molecule has 10 nitrogen and oxygen atoms in total. The number of amides is 1. The maximum atomic E-state index is 12.9. The van der Waals surface area contributed by atoms with Crippen molar-refractivity contribution in [3.63, 3.8) is 0 Å². The van der Waals surface area contributed by atoms with Crippen LogP contribution in [0.2, 0.25) is 0 Å². The van der Waals surface area contributed by atoms with E-state index in [9.17, 15) is 4.79 Å². The Kier molecular flexibility index (Phi) is 14.8. The van der Waals surface area contributed by atoms with Crippen LogP contribution in [-0.2, 0) is 19.7 Å². The molecule has 0 atom stereocenters. The highest BCUT2D eigenvalue weighted by Gasteiger charge is 2.19. The number of hydrogen-bond acceptors (Lipinski definition) is 8. The molecule has 0 unspecified atom stereocenters. The van der Waals surface area contributed by atoms with Crippen LogP contribution in [0, 0.1) is 0 Å². The van der Waals surface area contributed by atoms with Gasteiger partial charge in [0.25, 0.3) is 12.4 Å². The van der Waals surface area contributed by atoms with Gasteiger partial charge in [-0.15, -0.1) is 0 Å². The summed E-state index contributed by atoms with van der Waals surface area (Å²) in [5, 5.41) is 13.4. The number of para-hydroxylation sites is 2. The Morgan fingerprint density at radius 2 is 1.72 bits per heavy atom. The van der Waals surface area contributed by atoms with Crippen molar-refractivity contribution in [2.75, 3.05) is 33.3 Å². The van der Waals surface area contributed by atoms with Crippen molar-refractivity contribution in [3.05, 3.63) is 48.0 Å². The highest BCUT2D eigenvalue weighted by Crippen LogP contribution is 2.30. The topological polar surface area (TPSA) is 145 Å². The highest BCUT2D eigenvalue weighted by atomic mass is 16.5. The first-order chi connectivity index (χ1) is 17.0. The lowest BCUT2D eigenvalue weighted by Gasteiger charge is -2.21. The summed E-state index contributed by atoms with van der Waals surface area (Å²) in [6.07, 6.45) is 0. The molecule has 0 saturated heterocycles. The lowest BCUT2D eigenvalue weighted by molar-refractivity contribution is -0.122. The van der Waals surface area contributed by atoms with Crippen LogP contribution in [0.3, 0.4) is 0 Å². The summed E-state index contributed by atoms with van der Waals surface area (Å²) in [6, 6.07) is 12.9. The zero-order chi connectivity index (χ0) is 27.7. The maximum Gasteiger partial charge on any atom is 0.290 e. The first-order valence-electron chi connectivity index (χ1n) is 11.1. The van der Waals surface area contributed by atoms with Gasteiger partial charge in [0.15, 0.2) is 5.71 Å². The number of hydrazone groups is 1. The van der Waals surface area contributed by atoms with Gasteiger partial charge in [-0.3, -0.25) is 9.59 Å². The molecule has 1 amide bonds. The van der Waals surface area contributed by atoms with E-state index in [-0.39, 0.29) is 17.6 Å². The molecule has 4 N–H and O–H groups in total. The number of benzene rings is 2. The molecule has 0 heterocycles. The summed E-state index contributed by atoms with van der Waals surface area (Å²) in [5.74, 6) is 6.34. The largest absolute Gasteiger partial charge is 0.494 e. The number of carbonyl (C=O) groups excluding carboxylic acids is 1. The number of carbonyl (C=O) groups is 2. The van der Waals surface area contributed by atoms with Gasteiger partial charge >= 0.3 is 0 Å². The van der Waals surface area contributed by atoms with E-state index in [1.165, 1.54) is 0 Å². The number of anilines is 1. The second kappa shape index (κ2) is 16.7. The van der Waals surface area contributed by atoms with E-state index in [4.69, 9.17) is 25.2 Å². The van der Waals surface area contributed by atoms with Crippen LogP contribution < -0.4 is 20.6 Å². The molecule has 0 aliphatic rings. The minimum absolute atomic E-state index is 0.0278. The molecule has 0 spiro atoms. The smallest absolute Gasteiger partial charge is 0.290 e. The number of aliphatic imine (C=N–C) groups is 1. The van der Waals surface area contributed by atoms with Gasteiger partial charge in [0.1, 0.15) is 17.2 Å². The highest BCUT2D eigenvalue weighted by molar-refractivity contribution is 6.68. The van der Waals surface area contributed by atoms with Crippen LogP contribution in [0.1, 0.15) is 40.2 Å². The molecule has 10 heteroatoms. The molecule has 0 fully saturated rings. The van der Waals surface area contributed by atoms with Crippen LogP contribution in [-0.4, -0.2) is 56.8 Å². The molecular weight excluding hydrogens is 464 g/mol. The average Bonchev–Trinajstić information content (AvgIpc) is 2.80. The fourth-order valence-electron chi connectivity index (χ4n) is 2.82. The number of nitrogens with one attached hydrogen (secondary N) is 1. The predicted molar refractivity (Wildman–Crippen MR) is 144 cm³/mol. The van der Waals surface area contributed by atoms with Crippen molar-refractivity contribution in [3.8, 4) is 11.5 Å². The summed E-state index contributed by atoms with van der Waals surface area (Å²) >= 11 is 0. The number of carboxylic acid groups (broad SMARTS) is 1. The number of methoxy groups -OCH3 is 2. The summed E-state index contributed by atoms with van der Waals surface area (Å²) in [7, 11) is 4.81. The monoisotopic (exact) mass is 502 g/mol. The van der Waals surface area contributed by atoms with Crippen LogP contribution in [0.4, 0.5) is 11.4 Å². The first kappa shape index (κ1) is 32.1. The molecule has 0 aromatic heterocycles. The molecule has 2 aromatic carbocycles. The third kappa shape index (κ3) is 11.0.